The normalized spacial score (nSPS) is 17.8. The van der Waals surface area contributed by atoms with Crippen molar-refractivity contribution in [3.8, 4) is 11.5 Å². The molecule has 0 amide bonds. The molecule has 0 bridgehead atoms. The van der Waals surface area contributed by atoms with Crippen LogP contribution in [0.3, 0.4) is 0 Å². The van der Waals surface area contributed by atoms with E-state index in [2.05, 4.69) is 22.3 Å². The average Bonchev–Trinajstić information content (AvgIpc) is 3.55. The van der Waals surface area contributed by atoms with Gasteiger partial charge in [0.15, 0.2) is 11.5 Å². The van der Waals surface area contributed by atoms with Crippen LogP contribution in [0.2, 0.25) is 0 Å². The first-order valence-electron chi connectivity index (χ1n) is 17.0. The number of benzene rings is 3. The van der Waals surface area contributed by atoms with Crippen LogP contribution in [-0.2, 0) is 33.0 Å². The molecule has 2 N–H and O–H groups in total. The zero-order chi connectivity index (χ0) is 35.0. The Morgan fingerprint density at radius 2 is 1.45 bits per heavy atom. The SMILES string of the molecule is CC(C)CN(C[C@@H](O)[C@H](Cc1ccccc1)NC[C@H](C)CS(=O)(=O)N1CCN(Cc2ccccc2)CC1)S(=O)(=O)c1ccc2c(c1)OCO2. The van der Waals surface area contributed by atoms with Crippen molar-refractivity contribution < 1.29 is 31.4 Å². The van der Waals surface area contributed by atoms with Crippen LogP contribution in [0.4, 0.5) is 0 Å². The number of nitrogens with one attached hydrogen (secondary N) is 1. The molecule has 0 spiro atoms. The number of piperazine rings is 1. The number of nitrogens with zero attached hydrogens (tertiary/aromatic N) is 3. The number of rotatable bonds is 17. The van der Waals surface area contributed by atoms with Gasteiger partial charge in [0.05, 0.1) is 16.8 Å². The first-order valence-corrected chi connectivity index (χ1v) is 20.0. The molecule has 3 atom stereocenters. The third-order valence-corrected chi connectivity index (χ3v) is 12.9. The molecule has 13 heteroatoms. The van der Waals surface area contributed by atoms with E-state index in [1.54, 1.807) is 10.4 Å². The van der Waals surface area contributed by atoms with Crippen molar-refractivity contribution in [3.63, 3.8) is 0 Å². The van der Waals surface area contributed by atoms with Gasteiger partial charge in [-0.1, -0.05) is 81.4 Å². The van der Waals surface area contributed by atoms with E-state index in [4.69, 9.17) is 9.47 Å². The molecule has 0 unspecified atom stereocenters. The van der Waals surface area contributed by atoms with Gasteiger partial charge in [0.1, 0.15) is 0 Å². The highest BCUT2D eigenvalue weighted by molar-refractivity contribution is 7.89. The molecule has 2 aliphatic rings. The van der Waals surface area contributed by atoms with Crippen molar-refractivity contribution >= 4 is 20.0 Å². The smallest absolute Gasteiger partial charge is 0.243 e. The fraction of sp³-hybridized carbons (Fsp3) is 0.500. The van der Waals surface area contributed by atoms with Crippen LogP contribution < -0.4 is 14.8 Å². The molecule has 0 aromatic heterocycles. The van der Waals surface area contributed by atoms with E-state index < -0.39 is 32.2 Å². The maximum absolute atomic E-state index is 13.9. The quantitative estimate of drug-likeness (QED) is 0.216. The largest absolute Gasteiger partial charge is 0.454 e. The summed E-state index contributed by atoms with van der Waals surface area (Å²) in [7, 11) is -7.48. The Hall–Kier alpha value is -3.04. The Kier molecular flexibility index (Phi) is 12.7. The summed E-state index contributed by atoms with van der Waals surface area (Å²) in [6, 6.07) is 23.9. The molecule has 1 saturated heterocycles. The maximum Gasteiger partial charge on any atom is 0.243 e. The lowest BCUT2D eigenvalue weighted by atomic mass is 10.00. The molecule has 5 rings (SSSR count). The van der Waals surface area contributed by atoms with Crippen LogP contribution in [0.15, 0.2) is 83.8 Å². The van der Waals surface area contributed by atoms with E-state index in [1.165, 1.54) is 22.0 Å². The summed E-state index contributed by atoms with van der Waals surface area (Å²) in [6.07, 6.45) is -0.644. The predicted octanol–water partition coefficient (Wildman–Crippen LogP) is 3.41. The Balaban J connectivity index is 1.22. The number of ether oxygens (including phenoxy) is 2. The van der Waals surface area contributed by atoms with Crippen LogP contribution in [0.1, 0.15) is 31.9 Å². The summed E-state index contributed by atoms with van der Waals surface area (Å²) in [5, 5.41) is 15.1. The van der Waals surface area contributed by atoms with E-state index >= 15 is 0 Å². The van der Waals surface area contributed by atoms with Gasteiger partial charge < -0.3 is 19.9 Å². The van der Waals surface area contributed by atoms with Crippen molar-refractivity contribution in [3.05, 3.63) is 90.0 Å². The second kappa shape index (κ2) is 16.8. The maximum atomic E-state index is 13.9. The molecule has 3 aromatic rings. The number of hydrogen-bond acceptors (Lipinski definition) is 9. The molecule has 2 heterocycles. The Morgan fingerprint density at radius 3 is 2.10 bits per heavy atom. The van der Waals surface area contributed by atoms with Crippen LogP contribution in [0, 0.1) is 11.8 Å². The van der Waals surface area contributed by atoms with Crippen molar-refractivity contribution in [1.82, 2.24) is 18.8 Å². The highest BCUT2D eigenvalue weighted by Gasteiger charge is 2.33. The number of aliphatic hydroxyl groups excluding tert-OH is 1. The zero-order valence-electron chi connectivity index (χ0n) is 28.6. The van der Waals surface area contributed by atoms with Gasteiger partial charge in [-0.2, -0.15) is 8.61 Å². The number of aliphatic hydroxyl groups is 1. The van der Waals surface area contributed by atoms with Crippen LogP contribution in [0.25, 0.3) is 0 Å². The minimum atomic E-state index is -3.99. The Labute approximate surface area is 291 Å². The lowest BCUT2D eigenvalue weighted by Crippen LogP contribution is -2.51. The summed E-state index contributed by atoms with van der Waals surface area (Å²) in [5.74, 6) is 0.588. The zero-order valence-corrected chi connectivity index (χ0v) is 30.3. The molecular formula is C36H50N4O7S2. The molecule has 3 aromatic carbocycles. The van der Waals surface area contributed by atoms with Gasteiger partial charge >= 0.3 is 0 Å². The fourth-order valence-electron chi connectivity index (χ4n) is 6.30. The lowest BCUT2D eigenvalue weighted by Gasteiger charge is -2.35. The van der Waals surface area contributed by atoms with Crippen molar-refractivity contribution in [1.29, 1.82) is 0 Å². The molecule has 11 nitrogen and oxygen atoms in total. The van der Waals surface area contributed by atoms with Gasteiger partial charge in [-0.25, -0.2) is 16.8 Å². The monoisotopic (exact) mass is 714 g/mol. The van der Waals surface area contributed by atoms with Gasteiger partial charge in [0.2, 0.25) is 26.8 Å². The summed E-state index contributed by atoms with van der Waals surface area (Å²) in [5.41, 5.74) is 2.19. The van der Waals surface area contributed by atoms with E-state index in [0.717, 1.165) is 12.1 Å². The first-order chi connectivity index (χ1) is 23.4. The van der Waals surface area contributed by atoms with Crippen molar-refractivity contribution in [2.75, 3.05) is 58.4 Å². The van der Waals surface area contributed by atoms with Gasteiger partial charge in [0, 0.05) is 57.9 Å². The Morgan fingerprint density at radius 1 is 0.816 bits per heavy atom. The van der Waals surface area contributed by atoms with Gasteiger partial charge in [-0.05, 0) is 48.1 Å². The van der Waals surface area contributed by atoms with Crippen LogP contribution in [0.5, 0.6) is 11.5 Å². The fourth-order valence-corrected chi connectivity index (χ4v) is 9.70. The standard InChI is InChI=1S/C36H50N4O7S2/c1-28(2)23-40(49(44,45)32-14-15-35-36(21-32)47-27-46-35)25-34(41)33(20-30-10-6-4-7-11-30)37-22-29(3)26-48(42,43)39-18-16-38(17-19-39)24-31-12-8-5-9-13-31/h4-15,21,28-29,33-34,37,41H,16-20,22-27H2,1-3H3/t29-,33-,34+/m0/s1. The van der Waals surface area contributed by atoms with Crippen LogP contribution >= 0.6 is 0 Å². The second-order valence-electron chi connectivity index (χ2n) is 13.5. The molecule has 1 fully saturated rings. The summed E-state index contributed by atoms with van der Waals surface area (Å²) < 4.78 is 68.3. The molecule has 2 aliphatic heterocycles. The van der Waals surface area contributed by atoms with Gasteiger partial charge in [-0.15, -0.1) is 0 Å². The van der Waals surface area contributed by atoms with Gasteiger partial charge in [-0.3, -0.25) is 4.90 Å². The number of hydrogen-bond donors (Lipinski definition) is 2. The minimum absolute atomic E-state index is 0.00181. The third-order valence-electron chi connectivity index (χ3n) is 8.90. The van der Waals surface area contributed by atoms with E-state index in [-0.39, 0.29) is 42.4 Å². The Bertz CT molecular complexity index is 1700. The minimum Gasteiger partial charge on any atom is -0.454 e. The predicted molar refractivity (Wildman–Crippen MR) is 190 cm³/mol. The number of sulfonamides is 2. The molecule has 0 saturated carbocycles. The molecule has 268 valence electrons. The summed E-state index contributed by atoms with van der Waals surface area (Å²) >= 11 is 0. The second-order valence-corrected chi connectivity index (χ2v) is 17.5. The molecule has 49 heavy (non-hydrogen) atoms. The molecular weight excluding hydrogens is 665 g/mol. The van der Waals surface area contributed by atoms with Crippen LogP contribution in [-0.4, -0.2) is 106 Å². The van der Waals surface area contributed by atoms with E-state index in [1.807, 2.05) is 69.3 Å². The topological polar surface area (TPSA) is 129 Å². The van der Waals surface area contributed by atoms with E-state index in [9.17, 15) is 21.9 Å². The number of fused-ring (bicyclic) bond motifs is 1. The summed E-state index contributed by atoms with van der Waals surface area (Å²) in [4.78, 5) is 2.34. The molecule has 0 radical (unpaired) electrons. The van der Waals surface area contributed by atoms with E-state index in [0.29, 0.717) is 50.6 Å². The highest BCUT2D eigenvalue weighted by Crippen LogP contribution is 2.35. The highest BCUT2D eigenvalue weighted by atomic mass is 32.2. The lowest BCUT2D eigenvalue weighted by molar-refractivity contribution is 0.100. The third kappa shape index (κ3) is 10.3. The van der Waals surface area contributed by atoms with Gasteiger partial charge in [0.25, 0.3) is 0 Å². The average molecular weight is 715 g/mol. The first kappa shape index (κ1) is 37.2. The molecule has 0 aliphatic carbocycles. The summed E-state index contributed by atoms with van der Waals surface area (Å²) in [6.45, 7) is 9.23. The van der Waals surface area contributed by atoms with Crippen molar-refractivity contribution in [2.24, 2.45) is 11.8 Å². The van der Waals surface area contributed by atoms with Crippen molar-refractivity contribution in [2.45, 2.75) is 50.8 Å².